The van der Waals surface area contributed by atoms with Crippen LogP contribution in [0.1, 0.15) is 16.7 Å². The first-order valence-electron chi connectivity index (χ1n) is 10.5. The number of methoxy groups -OCH3 is 1. The normalized spacial score (nSPS) is 11.2. The molecule has 0 amide bonds. The Labute approximate surface area is 183 Å². The molecule has 0 fully saturated rings. The highest BCUT2D eigenvalue weighted by molar-refractivity contribution is 5.99. The molecule has 0 aliphatic carbocycles. The molecule has 0 aliphatic rings. The molecule has 0 unspecified atom stereocenters. The summed E-state index contributed by atoms with van der Waals surface area (Å²) in [6.45, 7) is 3.72. The van der Waals surface area contributed by atoms with E-state index in [0.717, 1.165) is 46.7 Å². The molecular formula is C27H27N3O. The first-order chi connectivity index (χ1) is 15.3. The number of para-hydroxylation sites is 2. The fourth-order valence-corrected chi connectivity index (χ4v) is 3.57. The van der Waals surface area contributed by atoms with Gasteiger partial charge in [-0.25, -0.2) is 0 Å². The lowest BCUT2D eigenvalue weighted by atomic mass is 10.1. The number of hydrogen-bond acceptors (Lipinski definition) is 4. The van der Waals surface area contributed by atoms with Gasteiger partial charge in [0.2, 0.25) is 0 Å². The van der Waals surface area contributed by atoms with Crippen molar-refractivity contribution in [3.8, 4) is 5.75 Å². The Balaban J connectivity index is 1.61. The second-order valence-electron chi connectivity index (χ2n) is 7.40. The Hall–Kier alpha value is -3.63. The van der Waals surface area contributed by atoms with Crippen molar-refractivity contribution in [2.45, 2.75) is 13.5 Å². The molecule has 4 nitrogen and oxygen atoms in total. The Bertz CT molecular complexity index is 1190. The van der Waals surface area contributed by atoms with Crippen LogP contribution in [0.3, 0.4) is 0 Å². The van der Waals surface area contributed by atoms with Crippen molar-refractivity contribution in [1.82, 2.24) is 10.3 Å². The molecule has 4 rings (SSSR count). The molecule has 0 bridgehead atoms. The maximum absolute atomic E-state index is 5.53. The molecule has 4 heteroatoms. The minimum absolute atomic E-state index is 0.769. The standard InChI is InChI=1S/C27H27N3O/c1-20-10-6-7-15-24(20)30-26-22(13-9-17-28-18-21-11-4-3-5-12-21)19-29-27-23(26)14-8-16-25(27)31-2/h3-16,19,28H,17-18H2,1-2H3,(H,29,30). The number of fused-ring (bicyclic) bond motifs is 1. The topological polar surface area (TPSA) is 46.2 Å². The van der Waals surface area contributed by atoms with E-state index in [0.29, 0.717) is 0 Å². The number of nitrogens with zero attached hydrogens (tertiary/aromatic N) is 1. The van der Waals surface area contributed by atoms with Crippen LogP contribution in [-0.2, 0) is 6.54 Å². The minimum atomic E-state index is 0.769. The van der Waals surface area contributed by atoms with Crippen LogP contribution < -0.4 is 15.4 Å². The number of pyridine rings is 1. The molecule has 1 heterocycles. The van der Waals surface area contributed by atoms with Crippen molar-refractivity contribution >= 4 is 28.4 Å². The number of aryl methyl sites for hydroxylation is 1. The zero-order valence-corrected chi connectivity index (χ0v) is 17.9. The van der Waals surface area contributed by atoms with Gasteiger partial charge in [-0.2, -0.15) is 0 Å². The lowest BCUT2D eigenvalue weighted by molar-refractivity contribution is 0.419. The van der Waals surface area contributed by atoms with Gasteiger partial charge in [-0.3, -0.25) is 4.98 Å². The SMILES string of the molecule is COc1cccc2c(Nc3ccccc3C)c(C=CCNCc3ccccc3)cnc12. The van der Waals surface area contributed by atoms with Crippen LogP contribution in [0.15, 0.2) is 85.1 Å². The van der Waals surface area contributed by atoms with Crippen LogP contribution in [0.25, 0.3) is 17.0 Å². The van der Waals surface area contributed by atoms with Gasteiger partial charge in [-0.1, -0.05) is 72.8 Å². The maximum atomic E-state index is 5.53. The molecule has 0 atom stereocenters. The van der Waals surface area contributed by atoms with Crippen molar-refractivity contribution in [1.29, 1.82) is 0 Å². The summed E-state index contributed by atoms with van der Waals surface area (Å²) >= 11 is 0. The second-order valence-corrected chi connectivity index (χ2v) is 7.40. The molecular weight excluding hydrogens is 382 g/mol. The summed E-state index contributed by atoms with van der Waals surface area (Å²) in [5, 5.41) is 8.12. The Kier molecular flexibility index (Phi) is 6.60. The smallest absolute Gasteiger partial charge is 0.145 e. The van der Waals surface area contributed by atoms with E-state index in [-0.39, 0.29) is 0 Å². The fourth-order valence-electron chi connectivity index (χ4n) is 3.57. The number of anilines is 2. The quantitative estimate of drug-likeness (QED) is 0.345. The summed E-state index contributed by atoms with van der Waals surface area (Å²) in [5.41, 5.74) is 6.45. The second kappa shape index (κ2) is 9.92. The highest BCUT2D eigenvalue weighted by Crippen LogP contribution is 2.34. The van der Waals surface area contributed by atoms with Gasteiger partial charge in [0, 0.05) is 35.9 Å². The highest BCUT2D eigenvalue weighted by atomic mass is 16.5. The Morgan fingerprint density at radius 2 is 1.74 bits per heavy atom. The number of aromatic nitrogens is 1. The van der Waals surface area contributed by atoms with Crippen molar-refractivity contribution in [3.63, 3.8) is 0 Å². The molecule has 0 saturated heterocycles. The first kappa shape index (κ1) is 20.6. The molecule has 0 saturated carbocycles. The number of ether oxygens (including phenoxy) is 1. The predicted octanol–water partition coefficient (Wildman–Crippen LogP) is 6.10. The lowest BCUT2D eigenvalue weighted by Crippen LogP contribution is -2.12. The third-order valence-corrected chi connectivity index (χ3v) is 5.25. The summed E-state index contributed by atoms with van der Waals surface area (Å²) in [6, 6.07) is 24.7. The highest BCUT2D eigenvalue weighted by Gasteiger charge is 2.11. The van der Waals surface area contributed by atoms with E-state index in [9.17, 15) is 0 Å². The van der Waals surface area contributed by atoms with Gasteiger partial charge in [-0.05, 0) is 30.2 Å². The molecule has 0 radical (unpaired) electrons. The van der Waals surface area contributed by atoms with E-state index < -0.39 is 0 Å². The monoisotopic (exact) mass is 409 g/mol. The van der Waals surface area contributed by atoms with Crippen molar-refractivity contribution in [3.05, 3.63) is 102 Å². The van der Waals surface area contributed by atoms with Crippen molar-refractivity contribution in [2.75, 3.05) is 19.0 Å². The van der Waals surface area contributed by atoms with E-state index >= 15 is 0 Å². The average Bonchev–Trinajstić information content (AvgIpc) is 2.81. The molecule has 0 spiro atoms. The number of nitrogens with one attached hydrogen (secondary N) is 2. The Morgan fingerprint density at radius 3 is 2.55 bits per heavy atom. The van der Waals surface area contributed by atoms with Gasteiger partial charge in [-0.15, -0.1) is 0 Å². The number of benzene rings is 3. The van der Waals surface area contributed by atoms with Crippen LogP contribution in [0.4, 0.5) is 11.4 Å². The summed E-state index contributed by atoms with van der Waals surface area (Å²) in [5.74, 6) is 0.769. The Morgan fingerprint density at radius 1 is 0.935 bits per heavy atom. The van der Waals surface area contributed by atoms with Gasteiger partial charge < -0.3 is 15.4 Å². The minimum Gasteiger partial charge on any atom is -0.494 e. The zero-order chi connectivity index (χ0) is 21.5. The fraction of sp³-hybridized carbons (Fsp3) is 0.148. The summed E-state index contributed by atoms with van der Waals surface area (Å²) in [7, 11) is 1.68. The molecule has 0 aliphatic heterocycles. The van der Waals surface area contributed by atoms with Gasteiger partial charge >= 0.3 is 0 Å². The van der Waals surface area contributed by atoms with Gasteiger partial charge in [0.1, 0.15) is 11.3 Å². The predicted molar refractivity (Wildman–Crippen MR) is 130 cm³/mol. The zero-order valence-electron chi connectivity index (χ0n) is 17.9. The van der Waals surface area contributed by atoms with Crippen LogP contribution in [0.2, 0.25) is 0 Å². The number of rotatable bonds is 8. The van der Waals surface area contributed by atoms with Crippen LogP contribution in [0.5, 0.6) is 5.75 Å². The van der Waals surface area contributed by atoms with E-state index in [1.54, 1.807) is 7.11 Å². The van der Waals surface area contributed by atoms with Crippen LogP contribution >= 0.6 is 0 Å². The molecule has 31 heavy (non-hydrogen) atoms. The molecule has 3 aromatic carbocycles. The largest absolute Gasteiger partial charge is 0.494 e. The third-order valence-electron chi connectivity index (χ3n) is 5.25. The molecule has 156 valence electrons. The van der Waals surface area contributed by atoms with E-state index in [4.69, 9.17) is 4.74 Å². The van der Waals surface area contributed by atoms with Gasteiger partial charge in [0.15, 0.2) is 0 Å². The summed E-state index contributed by atoms with van der Waals surface area (Å²) in [4.78, 5) is 4.69. The first-order valence-corrected chi connectivity index (χ1v) is 10.5. The van der Waals surface area contributed by atoms with E-state index in [1.165, 1.54) is 11.1 Å². The molecule has 1 aromatic heterocycles. The van der Waals surface area contributed by atoms with Gasteiger partial charge in [0.25, 0.3) is 0 Å². The molecule has 2 N–H and O–H groups in total. The maximum Gasteiger partial charge on any atom is 0.145 e. The van der Waals surface area contributed by atoms with Gasteiger partial charge in [0.05, 0.1) is 12.8 Å². The van der Waals surface area contributed by atoms with Crippen molar-refractivity contribution < 1.29 is 4.74 Å². The third kappa shape index (κ3) is 4.93. The van der Waals surface area contributed by atoms with Crippen LogP contribution in [0, 0.1) is 6.92 Å². The van der Waals surface area contributed by atoms with Crippen LogP contribution in [-0.4, -0.2) is 18.6 Å². The van der Waals surface area contributed by atoms with Crippen molar-refractivity contribution in [2.24, 2.45) is 0 Å². The summed E-state index contributed by atoms with van der Waals surface area (Å²) in [6.07, 6.45) is 6.15. The number of hydrogen-bond donors (Lipinski definition) is 2. The van der Waals surface area contributed by atoms with E-state index in [1.807, 2.05) is 36.5 Å². The molecule has 4 aromatic rings. The summed E-state index contributed by atoms with van der Waals surface area (Å²) < 4.78 is 5.53. The lowest BCUT2D eigenvalue weighted by Gasteiger charge is -2.16. The van der Waals surface area contributed by atoms with E-state index in [2.05, 4.69) is 77.2 Å². The average molecular weight is 410 g/mol.